The average molecular weight is 362 g/mol. The highest BCUT2D eigenvalue weighted by Gasteiger charge is 2.16. The van der Waals surface area contributed by atoms with E-state index in [9.17, 15) is 14.7 Å². The van der Waals surface area contributed by atoms with Crippen LogP contribution in [-0.2, 0) is 4.79 Å². The molecule has 7 heteroatoms. The number of carbonyl (C=O) groups is 2. The molecule has 0 bridgehead atoms. The predicted octanol–water partition coefficient (Wildman–Crippen LogP) is 3.21. The maximum atomic E-state index is 12.3. The third-order valence-corrected chi connectivity index (χ3v) is 3.67. The summed E-state index contributed by atoms with van der Waals surface area (Å²) in [6.45, 7) is 0. The first kappa shape index (κ1) is 18.4. The van der Waals surface area contributed by atoms with Crippen molar-refractivity contribution in [2.24, 2.45) is 0 Å². The van der Waals surface area contributed by atoms with Gasteiger partial charge in [0.1, 0.15) is 17.2 Å². The third kappa shape index (κ3) is 4.51. The van der Waals surface area contributed by atoms with Crippen LogP contribution in [0, 0.1) is 0 Å². The fraction of sp³-hybridized carbons (Fsp3) is 0.111. The summed E-state index contributed by atoms with van der Waals surface area (Å²) in [5.74, 6) is -0.943. The summed E-state index contributed by atoms with van der Waals surface area (Å²) >= 11 is 5.96. The molecule has 0 aliphatic rings. The Bertz CT molecular complexity index is 832. The lowest BCUT2D eigenvalue weighted by atomic mass is 10.1. The zero-order valence-corrected chi connectivity index (χ0v) is 14.3. The lowest BCUT2D eigenvalue weighted by molar-refractivity contribution is -0.132. The van der Waals surface area contributed by atoms with Crippen LogP contribution in [0.3, 0.4) is 0 Å². The molecule has 0 aliphatic heterocycles. The van der Waals surface area contributed by atoms with Crippen molar-refractivity contribution in [3.05, 3.63) is 64.3 Å². The van der Waals surface area contributed by atoms with E-state index >= 15 is 0 Å². The molecular weight excluding hydrogens is 346 g/mol. The average Bonchev–Trinajstić information content (AvgIpc) is 2.61. The number of benzene rings is 2. The number of amides is 1. The Morgan fingerprint density at radius 3 is 2.44 bits per heavy atom. The number of carboxylic acid groups (broad SMARTS) is 1. The summed E-state index contributed by atoms with van der Waals surface area (Å²) in [5, 5.41) is 12.0. The van der Waals surface area contributed by atoms with Crippen molar-refractivity contribution >= 4 is 29.6 Å². The summed E-state index contributed by atoms with van der Waals surface area (Å²) < 4.78 is 10.3. The summed E-state index contributed by atoms with van der Waals surface area (Å²) in [6, 6.07) is 11.3. The van der Waals surface area contributed by atoms with Gasteiger partial charge in [-0.25, -0.2) is 4.79 Å². The van der Waals surface area contributed by atoms with Gasteiger partial charge in [0.05, 0.1) is 24.8 Å². The molecule has 0 saturated carbocycles. The molecule has 0 aromatic heterocycles. The highest BCUT2D eigenvalue weighted by molar-refractivity contribution is 6.34. The van der Waals surface area contributed by atoms with Crippen molar-refractivity contribution < 1.29 is 24.2 Å². The number of hydrogen-bond acceptors (Lipinski definition) is 4. The molecule has 6 nitrogen and oxygen atoms in total. The van der Waals surface area contributed by atoms with Crippen molar-refractivity contribution in [1.82, 2.24) is 5.32 Å². The summed E-state index contributed by atoms with van der Waals surface area (Å²) in [7, 11) is 2.96. The number of nitrogens with one attached hydrogen (secondary N) is 1. The molecule has 0 unspecified atom stereocenters. The van der Waals surface area contributed by atoms with E-state index in [1.165, 1.54) is 26.4 Å². The molecule has 2 aromatic carbocycles. The lowest BCUT2D eigenvalue weighted by Gasteiger charge is -2.10. The molecule has 130 valence electrons. The number of hydrogen-bond donors (Lipinski definition) is 2. The van der Waals surface area contributed by atoms with E-state index in [1.807, 2.05) is 0 Å². The summed E-state index contributed by atoms with van der Waals surface area (Å²) in [5.41, 5.74) is 0.339. The van der Waals surface area contributed by atoms with Gasteiger partial charge in [0.25, 0.3) is 5.91 Å². The molecule has 1 amide bonds. The zero-order chi connectivity index (χ0) is 18.4. The topological polar surface area (TPSA) is 84.9 Å². The van der Waals surface area contributed by atoms with Gasteiger partial charge >= 0.3 is 5.97 Å². The van der Waals surface area contributed by atoms with Crippen molar-refractivity contribution in [3.8, 4) is 11.5 Å². The Kier molecular flexibility index (Phi) is 6.03. The smallest absolute Gasteiger partial charge is 0.352 e. The molecule has 2 aromatic rings. The second kappa shape index (κ2) is 8.21. The van der Waals surface area contributed by atoms with Crippen LogP contribution in [0.15, 0.2) is 48.2 Å². The molecule has 0 saturated heterocycles. The first-order valence-electron chi connectivity index (χ1n) is 7.19. The van der Waals surface area contributed by atoms with E-state index in [2.05, 4.69) is 5.32 Å². The van der Waals surface area contributed by atoms with Gasteiger partial charge in [0.2, 0.25) is 0 Å². The maximum Gasteiger partial charge on any atom is 0.352 e. The van der Waals surface area contributed by atoms with Crippen LogP contribution in [0.4, 0.5) is 0 Å². The van der Waals surface area contributed by atoms with Crippen LogP contribution in [0.25, 0.3) is 6.08 Å². The van der Waals surface area contributed by atoms with Gasteiger partial charge in [-0.3, -0.25) is 4.79 Å². The normalized spacial score (nSPS) is 10.9. The number of rotatable bonds is 6. The van der Waals surface area contributed by atoms with Gasteiger partial charge in [-0.1, -0.05) is 23.7 Å². The van der Waals surface area contributed by atoms with Crippen LogP contribution >= 0.6 is 11.6 Å². The fourth-order valence-electron chi connectivity index (χ4n) is 2.08. The standard InChI is InChI=1S/C18H16ClNO5/c1-24-12-8-7-11(16(10-12)25-2)9-15(18(22)23)20-17(21)13-5-3-4-6-14(13)19/h3-10H,1-2H3,(H,20,21)(H,22,23)/b15-9+. The Hall–Kier alpha value is -2.99. The van der Waals surface area contributed by atoms with Crippen LogP contribution in [0.2, 0.25) is 5.02 Å². The number of carbonyl (C=O) groups excluding carboxylic acids is 1. The first-order valence-corrected chi connectivity index (χ1v) is 7.57. The van der Waals surface area contributed by atoms with Gasteiger partial charge in [0.15, 0.2) is 0 Å². The maximum absolute atomic E-state index is 12.3. The van der Waals surface area contributed by atoms with Gasteiger partial charge < -0.3 is 19.9 Å². The Morgan fingerprint density at radius 2 is 1.84 bits per heavy atom. The van der Waals surface area contributed by atoms with E-state index in [0.29, 0.717) is 17.1 Å². The predicted molar refractivity (Wildman–Crippen MR) is 94.1 cm³/mol. The molecule has 0 aliphatic carbocycles. The van der Waals surface area contributed by atoms with E-state index in [0.717, 1.165) is 0 Å². The Labute approximate surface area is 149 Å². The molecular formula is C18H16ClNO5. The molecule has 0 spiro atoms. The summed E-state index contributed by atoms with van der Waals surface area (Å²) in [6.07, 6.45) is 1.30. The highest BCUT2D eigenvalue weighted by atomic mass is 35.5. The lowest BCUT2D eigenvalue weighted by Crippen LogP contribution is -2.27. The number of aliphatic carboxylic acids is 1. The van der Waals surface area contributed by atoms with Crippen molar-refractivity contribution in [2.75, 3.05) is 14.2 Å². The molecule has 2 rings (SSSR count). The quantitative estimate of drug-likeness (QED) is 0.772. The minimum Gasteiger partial charge on any atom is -0.497 e. The minimum atomic E-state index is -1.29. The fourth-order valence-corrected chi connectivity index (χ4v) is 2.30. The van der Waals surface area contributed by atoms with Crippen LogP contribution in [0.1, 0.15) is 15.9 Å². The monoisotopic (exact) mass is 361 g/mol. The second-order valence-electron chi connectivity index (χ2n) is 4.91. The molecule has 2 N–H and O–H groups in total. The van der Waals surface area contributed by atoms with Crippen molar-refractivity contribution in [3.63, 3.8) is 0 Å². The minimum absolute atomic E-state index is 0.179. The second-order valence-corrected chi connectivity index (χ2v) is 5.31. The Morgan fingerprint density at radius 1 is 1.12 bits per heavy atom. The van der Waals surface area contributed by atoms with E-state index in [-0.39, 0.29) is 16.3 Å². The summed E-state index contributed by atoms with van der Waals surface area (Å²) in [4.78, 5) is 23.8. The number of halogens is 1. The van der Waals surface area contributed by atoms with E-state index in [1.54, 1.807) is 36.4 Å². The molecule has 0 radical (unpaired) electrons. The zero-order valence-electron chi connectivity index (χ0n) is 13.6. The number of methoxy groups -OCH3 is 2. The molecule has 0 fully saturated rings. The van der Waals surface area contributed by atoms with Gasteiger partial charge in [-0.15, -0.1) is 0 Å². The number of ether oxygens (including phenoxy) is 2. The van der Waals surface area contributed by atoms with Crippen LogP contribution in [0.5, 0.6) is 11.5 Å². The molecule has 0 heterocycles. The van der Waals surface area contributed by atoms with Gasteiger partial charge in [-0.05, 0) is 30.3 Å². The largest absolute Gasteiger partial charge is 0.497 e. The highest BCUT2D eigenvalue weighted by Crippen LogP contribution is 2.26. The molecule has 0 atom stereocenters. The third-order valence-electron chi connectivity index (χ3n) is 3.34. The van der Waals surface area contributed by atoms with E-state index in [4.69, 9.17) is 21.1 Å². The Balaban J connectivity index is 2.35. The van der Waals surface area contributed by atoms with Crippen molar-refractivity contribution in [2.45, 2.75) is 0 Å². The number of carboxylic acids is 1. The molecule has 25 heavy (non-hydrogen) atoms. The van der Waals surface area contributed by atoms with Crippen molar-refractivity contribution in [1.29, 1.82) is 0 Å². The first-order chi connectivity index (χ1) is 12.0. The van der Waals surface area contributed by atoms with Crippen LogP contribution < -0.4 is 14.8 Å². The van der Waals surface area contributed by atoms with E-state index < -0.39 is 11.9 Å². The van der Waals surface area contributed by atoms with Gasteiger partial charge in [-0.2, -0.15) is 0 Å². The SMILES string of the molecule is COc1ccc(/C=C(/NC(=O)c2ccccc2Cl)C(=O)O)c(OC)c1. The van der Waals surface area contributed by atoms with Gasteiger partial charge in [0, 0.05) is 11.6 Å². The van der Waals surface area contributed by atoms with Crippen LogP contribution in [-0.4, -0.2) is 31.2 Å².